The van der Waals surface area contributed by atoms with Crippen LogP contribution in [0.5, 0.6) is 0 Å². The summed E-state index contributed by atoms with van der Waals surface area (Å²) in [6.07, 6.45) is 0.452. The van der Waals surface area contributed by atoms with Crippen molar-refractivity contribution in [1.82, 2.24) is 9.71 Å². The maximum atomic E-state index is 13.2. The molecule has 114 valence electrons. The molecule has 0 spiro atoms. The number of sulfonamides is 1. The lowest BCUT2D eigenvalue weighted by molar-refractivity contribution is 0.278. The summed E-state index contributed by atoms with van der Waals surface area (Å²) < 4.78 is 39.9. The van der Waals surface area contributed by atoms with E-state index in [1.807, 2.05) is 12.3 Å². The first-order valence-electron chi connectivity index (χ1n) is 6.22. The van der Waals surface area contributed by atoms with Crippen molar-refractivity contribution in [3.63, 3.8) is 0 Å². The molecule has 1 aromatic carbocycles. The number of hydrogen-bond acceptors (Lipinski definition) is 5. The summed E-state index contributed by atoms with van der Waals surface area (Å²) >= 11 is 1.50. The van der Waals surface area contributed by atoms with E-state index >= 15 is 0 Å². The number of aliphatic hydroxyl groups is 1. The van der Waals surface area contributed by atoms with Gasteiger partial charge < -0.3 is 5.11 Å². The first kappa shape index (κ1) is 16.0. The van der Waals surface area contributed by atoms with E-state index in [0.29, 0.717) is 6.42 Å². The van der Waals surface area contributed by atoms with Crippen LogP contribution in [0.1, 0.15) is 16.3 Å². The van der Waals surface area contributed by atoms with Gasteiger partial charge in [-0.25, -0.2) is 22.5 Å². The minimum Gasteiger partial charge on any atom is -0.392 e. The third kappa shape index (κ3) is 4.07. The van der Waals surface area contributed by atoms with E-state index in [9.17, 15) is 12.8 Å². The van der Waals surface area contributed by atoms with Gasteiger partial charge in [-0.1, -0.05) is 6.07 Å². The monoisotopic (exact) mass is 330 g/mol. The summed E-state index contributed by atoms with van der Waals surface area (Å²) in [5.41, 5.74) is 0.968. The summed E-state index contributed by atoms with van der Waals surface area (Å²) in [5.74, 6) is -0.664. The van der Waals surface area contributed by atoms with Gasteiger partial charge in [0, 0.05) is 18.3 Å². The number of nitrogens with one attached hydrogen (secondary N) is 1. The van der Waals surface area contributed by atoms with Crippen molar-refractivity contribution in [2.75, 3.05) is 6.54 Å². The number of hydrogen-bond donors (Lipinski definition) is 2. The minimum atomic E-state index is -3.86. The SMILES string of the molecule is Cc1nc(CCNS(=O)(=O)c2cc(F)ccc2CO)cs1. The van der Waals surface area contributed by atoms with Crippen LogP contribution in [0.4, 0.5) is 4.39 Å². The smallest absolute Gasteiger partial charge is 0.241 e. The Bertz CT molecular complexity index is 729. The van der Waals surface area contributed by atoms with Gasteiger partial charge in [0.2, 0.25) is 10.0 Å². The molecule has 0 radical (unpaired) electrons. The summed E-state index contributed by atoms with van der Waals surface area (Å²) in [4.78, 5) is 4.00. The fourth-order valence-corrected chi connectivity index (χ4v) is 3.74. The van der Waals surface area contributed by atoms with Gasteiger partial charge in [0.05, 0.1) is 22.2 Å². The zero-order chi connectivity index (χ0) is 15.5. The van der Waals surface area contributed by atoms with Gasteiger partial charge in [0.25, 0.3) is 0 Å². The first-order valence-corrected chi connectivity index (χ1v) is 8.58. The number of aliphatic hydroxyl groups excluding tert-OH is 1. The summed E-state index contributed by atoms with van der Waals surface area (Å²) in [6.45, 7) is 1.56. The zero-order valence-corrected chi connectivity index (χ0v) is 13.0. The molecule has 0 aliphatic rings. The van der Waals surface area contributed by atoms with Crippen LogP contribution in [0, 0.1) is 12.7 Å². The predicted molar refractivity (Wildman–Crippen MR) is 78.1 cm³/mol. The topological polar surface area (TPSA) is 79.3 Å². The summed E-state index contributed by atoms with van der Waals surface area (Å²) in [6, 6.07) is 3.27. The van der Waals surface area contributed by atoms with Gasteiger partial charge in [-0.15, -0.1) is 11.3 Å². The van der Waals surface area contributed by atoms with E-state index in [1.165, 1.54) is 17.4 Å². The highest BCUT2D eigenvalue weighted by molar-refractivity contribution is 7.89. The molecule has 0 saturated carbocycles. The Morgan fingerprint density at radius 1 is 1.43 bits per heavy atom. The van der Waals surface area contributed by atoms with Gasteiger partial charge in [-0.3, -0.25) is 0 Å². The third-order valence-electron chi connectivity index (χ3n) is 2.83. The summed E-state index contributed by atoms with van der Waals surface area (Å²) in [5, 5.41) is 11.9. The second kappa shape index (κ2) is 6.61. The van der Waals surface area contributed by atoms with Crippen molar-refractivity contribution in [3.05, 3.63) is 45.7 Å². The van der Waals surface area contributed by atoms with Crippen molar-refractivity contribution in [2.45, 2.75) is 24.8 Å². The maximum absolute atomic E-state index is 13.2. The van der Waals surface area contributed by atoms with E-state index in [0.717, 1.165) is 22.8 Å². The molecule has 0 bridgehead atoms. The fraction of sp³-hybridized carbons (Fsp3) is 0.308. The lowest BCUT2D eigenvalue weighted by Gasteiger charge is -2.10. The number of thiazole rings is 1. The molecule has 0 saturated heterocycles. The van der Waals surface area contributed by atoms with E-state index in [4.69, 9.17) is 5.11 Å². The van der Waals surface area contributed by atoms with Crippen molar-refractivity contribution in [2.24, 2.45) is 0 Å². The van der Waals surface area contributed by atoms with E-state index in [2.05, 4.69) is 9.71 Å². The zero-order valence-electron chi connectivity index (χ0n) is 11.3. The Morgan fingerprint density at radius 2 is 2.19 bits per heavy atom. The van der Waals surface area contributed by atoms with Gasteiger partial charge >= 0.3 is 0 Å². The highest BCUT2D eigenvalue weighted by atomic mass is 32.2. The molecule has 2 N–H and O–H groups in total. The molecular weight excluding hydrogens is 315 g/mol. The van der Waals surface area contributed by atoms with Crippen LogP contribution in [0.2, 0.25) is 0 Å². The Hall–Kier alpha value is -1.35. The van der Waals surface area contributed by atoms with E-state index < -0.39 is 22.4 Å². The van der Waals surface area contributed by atoms with Gasteiger partial charge in [-0.2, -0.15) is 0 Å². The molecule has 0 aliphatic carbocycles. The number of rotatable bonds is 6. The van der Waals surface area contributed by atoms with Crippen LogP contribution >= 0.6 is 11.3 Å². The maximum Gasteiger partial charge on any atom is 0.241 e. The van der Waals surface area contributed by atoms with E-state index in [-0.39, 0.29) is 17.0 Å². The Kier molecular flexibility index (Phi) is 5.04. The van der Waals surface area contributed by atoms with Crippen molar-refractivity contribution in [3.8, 4) is 0 Å². The first-order chi connectivity index (χ1) is 9.92. The van der Waals surface area contributed by atoms with E-state index in [1.54, 1.807) is 0 Å². The predicted octanol–water partition coefficient (Wildman–Crippen LogP) is 1.60. The van der Waals surface area contributed by atoms with Crippen molar-refractivity contribution < 1.29 is 17.9 Å². The molecule has 21 heavy (non-hydrogen) atoms. The Morgan fingerprint density at radius 3 is 2.81 bits per heavy atom. The molecule has 1 heterocycles. The number of nitrogens with zero attached hydrogens (tertiary/aromatic N) is 1. The molecule has 2 aromatic rings. The van der Waals surface area contributed by atoms with Crippen LogP contribution in [0.15, 0.2) is 28.5 Å². The quantitative estimate of drug-likeness (QED) is 0.843. The average Bonchev–Trinajstić information content (AvgIpc) is 2.84. The highest BCUT2D eigenvalue weighted by Gasteiger charge is 2.18. The number of aryl methyl sites for hydroxylation is 1. The number of benzene rings is 1. The van der Waals surface area contributed by atoms with Gasteiger partial charge in [0.1, 0.15) is 5.82 Å². The van der Waals surface area contributed by atoms with Gasteiger partial charge in [0.15, 0.2) is 0 Å². The van der Waals surface area contributed by atoms with Crippen LogP contribution in [-0.4, -0.2) is 25.1 Å². The second-order valence-electron chi connectivity index (χ2n) is 4.42. The largest absolute Gasteiger partial charge is 0.392 e. The van der Waals surface area contributed by atoms with Crippen LogP contribution in [0.25, 0.3) is 0 Å². The van der Waals surface area contributed by atoms with Crippen LogP contribution in [-0.2, 0) is 23.1 Å². The molecular formula is C13H15FN2O3S2. The van der Waals surface area contributed by atoms with Crippen LogP contribution < -0.4 is 4.72 Å². The lowest BCUT2D eigenvalue weighted by Crippen LogP contribution is -2.27. The van der Waals surface area contributed by atoms with Crippen LogP contribution in [0.3, 0.4) is 0 Å². The van der Waals surface area contributed by atoms with Crippen molar-refractivity contribution in [1.29, 1.82) is 0 Å². The molecule has 0 amide bonds. The normalized spacial score (nSPS) is 11.8. The standard InChI is InChI=1S/C13H15FN2O3S2/c1-9-16-12(8-20-9)4-5-15-21(18,19)13-6-11(14)3-2-10(13)7-17/h2-3,6,8,15,17H,4-5,7H2,1H3. The van der Waals surface area contributed by atoms with Gasteiger partial charge in [-0.05, 0) is 24.6 Å². The Labute approximate surface area is 126 Å². The average molecular weight is 330 g/mol. The Balaban J connectivity index is 2.09. The molecule has 0 unspecified atom stereocenters. The molecule has 0 atom stereocenters. The molecule has 5 nitrogen and oxygen atoms in total. The second-order valence-corrected chi connectivity index (χ2v) is 7.21. The molecule has 2 rings (SSSR count). The van der Waals surface area contributed by atoms with Crippen molar-refractivity contribution >= 4 is 21.4 Å². The highest BCUT2D eigenvalue weighted by Crippen LogP contribution is 2.17. The molecule has 1 aromatic heterocycles. The molecule has 0 fully saturated rings. The number of halogens is 1. The molecule has 0 aliphatic heterocycles. The third-order valence-corrected chi connectivity index (χ3v) is 5.19. The minimum absolute atomic E-state index is 0.160. The molecule has 8 heteroatoms. The fourth-order valence-electron chi connectivity index (χ4n) is 1.82. The lowest BCUT2D eigenvalue weighted by atomic mass is 10.2. The number of aromatic nitrogens is 1. The summed E-state index contributed by atoms with van der Waals surface area (Å²) in [7, 11) is -3.86.